The average Bonchev–Trinajstić information content (AvgIpc) is 2.97. The molecule has 1 spiro atoms. The number of hydrogen-bond acceptors (Lipinski definition) is 4. The summed E-state index contributed by atoms with van der Waals surface area (Å²) in [5, 5.41) is 21.6. The van der Waals surface area contributed by atoms with Gasteiger partial charge in [-0.15, -0.1) is 0 Å². The number of amides is 2. The first-order chi connectivity index (χ1) is 14.2. The molecular formula is C23H33N3O4. The predicted molar refractivity (Wildman–Crippen MR) is 116 cm³/mol. The number of aliphatic hydroxyl groups is 1. The highest BCUT2D eigenvalue weighted by molar-refractivity contribution is 5.86. The van der Waals surface area contributed by atoms with Gasteiger partial charge in [-0.3, -0.25) is 10.1 Å². The highest BCUT2D eigenvalue weighted by Crippen LogP contribution is 2.44. The summed E-state index contributed by atoms with van der Waals surface area (Å²) < 4.78 is 0. The first-order valence-corrected chi connectivity index (χ1v) is 11.1. The summed E-state index contributed by atoms with van der Waals surface area (Å²) in [4.78, 5) is 28.8. The van der Waals surface area contributed by atoms with Crippen LogP contribution in [0.25, 0.3) is 0 Å². The van der Waals surface area contributed by atoms with E-state index in [1.54, 1.807) is 6.07 Å². The van der Waals surface area contributed by atoms with E-state index in [0.717, 1.165) is 75.8 Å². The molecule has 3 aliphatic rings. The van der Waals surface area contributed by atoms with Gasteiger partial charge >= 0.3 is 6.09 Å². The molecule has 7 nitrogen and oxygen atoms in total. The smallest absolute Gasteiger partial charge is 0.409 e. The number of hydrogen-bond donors (Lipinski definition) is 3. The molecule has 30 heavy (non-hydrogen) atoms. The lowest BCUT2D eigenvalue weighted by molar-refractivity contribution is -0.140. The largest absolute Gasteiger partial charge is 0.465 e. The normalized spacial score (nSPS) is 32.0. The van der Waals surface area contributed by atoms with Crippen LogP contribution in [0.4, 0.5) is 16.2 Å². The Morgan fingerprint density at radius 1 is 1.17 bits per heavy atom. The third kappa shape index (κ3) is 4.00. The molecule has 1 aromatic carbocycles. The molecule has 1 atom stereocenters. The Bertz CT molecular complexity index is 830. The van der Waals surface area contributed by atoms with Crippen LogP contribution in [0.1, 0.15) is 57.4 Å². The van der Waals surface area contributed by atoms with Gasteiger partial charge in [0.1, 0.15) is 0 Å². The number of carbonyl (C=O) groups excluding carboxylic acids is 1. The molecule has 0 radical (unpaired) electrons. The Morgan fingerprint density at radius 2 is 1.90 bits per heavy atom. The average molecular weight is 416 g/mol. The van der Waals surface area contributed by atoms with Gasteiger partial charge in [-0.05, 0) is 82.6 Å². The molecule has 1 saturated carbocycles. The SMILES string of the molecule is Cc1cc(NC(=O)O)ccc1N1CCC[C@@]2(CCN([C@H]3CC[C@@](C)(O)CC3)C2=O)C1. The van der Waals surface area contributed by atoms with Gasteiger partial charge in [-0.1, -0.05) is 0 Å². The maximum atomic E-state index is 13.5. The summed E-state index contributed by atoms with van der Waals surface area (Å²) in [5.74, 6) is 0.292. The van der Waals surface area contributed by atoms with Crippen LogP contribution in [0.3, 0.4) is 0 Å². The van der Waals surface area contributed by atoms with Crippen LogP contribution in [0.5, 0.6) is 0 Å². The predicted octanol–water partition coefficient (Wildman–Crippen LogP) is 3.60. The molecule has 0 unspecified atom stereocenters. The van der Waals surface area contributed by atoms with Crippen molar-refractivity contribution in [2.75, 3.05) is 29.9 Å². The lowest BCUT2D eigenvalue weighted by Crippen LogP contribution is -2.50. The number of nitrogens with zero attached hydrogens (tertiary/aromatic N) is 2. The van der Waals surface area contributed by atoms with E-state index in [9.17, 15) is 14.7 Å². The van der Waals surface area contributed by atoms with E-state index in [1.165, 1.54) is 0 Å². The molecule has 4 rings (SSSR count). The van der Waals surface area contributed by atoms with E-state index < -0.39 is 11.7 Å². The Labute approximate surface area is 178 Å². The third-order valence-corrected chi connectivity index (χ3v) is 7.38. The number of carboxylic acid groups (broad SMARTS) is 1. The number of carbonyl (C=O) groups is 2. The fourth-order valence-electron chi connectivity index (χ4n) is 5.66. The van der Waals surface area contributed by atoms with Crippen molar-refractivity contribution in [1.29, 1.82) is 0 Å². The molecule has 3 fully saturated rings. The van der Waals surface area contributed by atoms with Crippen molar-refractivity contribution in [1.82, 2.24) is 4.90 Å². The minimum Gasteiger partial charge on any atom is -0.465 e. The standard InChI is InChI=1S/C23H33N3O4/c1-16-14-17(24-21(28)29)4-5-19(16)25-12-3-8-23(15-25)11-13-26(20(23)27)18-6-9-22(2,30)10-7-18/h4-5,14,18,24,30H,3,6-13,15H2,1-2H3,(H,28,29)/t18-,22+,23-/m1/s1. The van der Waals surface area contributed by atoms with Gasteiger partial charge in [0.15, 0.2) is 0 Å². The van der Waals surface area contributed by atoms with Gasteiger partial charge in [-0.25, -0.2) is 4.79 Å². The highest BCUT2D eigenvalue weighted by atomic mass is 16.4. The van der Waals surface area contributed by atoms with Crippen molar-refractivity contribution in [2.24, 2.45) is 5.41 Å². The zero-order valence-corrected chi connectivity index (χ0v) is 18.0. The molecule has 3 N–H and O–H groups in total. The Hall–Kier alpha value is -2.28. The number of benzene rings is 1. The number of aryl methyl sites for hydroxylation is 1. The number of likely N-dealkylation sites (tertiary alicyclic amines) is 1. The molecule has 0 aromatic heterocycles. The zero-order valence-electron chi connectivity index (χ0n) is 18.0. The highest BCUT2D eigenvalue weighted by Gasteiger charge is 2.51. The first-order valence-electron chi connectivity index (χ1n) is 11.1. The summed E-state index contributed by atoms with van der Waals surface area (Å²) in [7, 11) is 0. The fourth-order valence-corrected chi connectivity index (χ4v) is 5.66. The third-order valence-electron chi connectivity index (χ3n) is 7.38. The minimum absolute atomic E-state index is 0.260. The zero-order chi connectivity index (χ0) is 21.5. The fraction of sp³-hybridized carbons (Fsp3) is 0.652. The van der Waals surface area contributed by atoms with Crippen LogP contribution in [0, 0.1) is 12.3 Å². The molecule has 2 amide bonds. The molecule has 164 valence electrons. The van der Waals surface area contributed by atoms with Gasteiger partial charge in [0, 0.05) is 37.1 Å². The van der Waals surface area contributed by atoms with Crippen LogP contribution in [-0.4, -0.2) is 58.4 Å². The van der Waals surface area contributed by atoms with Crippen LogP contribution in [0.15, 0.2) is 18.2 Å². The molecule has 2 aliphatic heterocycles. The van der Waals surface area contributed by atoms with Gasteiger partial charge < -0.3 is 20.0 Å². The topological polar surface area (TPSA) is 93.1 Å². The van der Waals surface area contributed by atoms with E-state index in [4.69, 9.17) is 5.11 Å². The number of rotatable bonds is 3. The van der Waals surface area contributed by atoms with Crippen LogP contribution >= 0.6 is 0 Å². The first kappa shape index (κ1) is 21.0. The Balaban J connectivity index is 1.47. The molecule has 2 heterocycles. The Kier molecular flexibility index (Phi) is 5.43. The molecule has 1 aromatic rings. The number of anilines is 2. The quantitative estimate of drug-likeness (QED) is 0.701. The Morgan fingerprint density at radius 3 is 2.57 bits per heavy atom. The van der Waals surface area contributed by atoms with Crippen molar-refractivity contribution in [3.05, 3.63) is 23.8 Å². The molecule has 2 saturated heterocycles. The number of nitrogens with one attached hydrogen (secondary N) is 1. The summed E-state index contributed by atoms with van der Waals surface area (Å²) >= 11 is 0. The van der Waals surface area contributed by atoms with Gasteiger partial charge in [0.25, 0.3) is 0 Å². The monoisotopic (exact) mass is 415 g/mol. The lowest BCUT2D eigenvalue weighted by Gasteiger charge is -2.42. The van der Waals surface area contributed by atoms with E-state index >= 15 is 0 Å². The summed E-state index contributed by atoms with van der Waals surface area (Å²) in [6.07, 6.45) is 5.03. The van der Waals surface area contributed by atoms with Gasteiger partial charge in [-0.2, -0.15) is 0 Å². The van der Waals surface area contributed by atoms with E-state index in [0.29, 0.717) is 11.6 Å². The molecule has 7 heteroatoms. The van der Waals surface area contributed by atoms with Gasteiger partial charge in [0.2, 0.25) is 5.91 Å². The maximum absolute atomic E-state index is 13.5. The van der Waals surface area contributed by atoms with E-state index in [1.807, 2.05) is 26.0 Å². The van der Waals surface area contributed by atoms with Crippen molar-refractivity contribution < 1.29 is 19.8 Å². The van der Waals surface area contributed by atoms with Crippen molar-refractivity contribution in [3.8, 4) is 0 Å². The molecular weight excluding hydrogens is 382 g/mol. The maximum Gasteiger partial charge on any atom is 0.409 e. The minimum atomic E-state index is -1.07. The molecule has 1 aliphatic carbocycles. The molecule has 0 bridgehead atoms. The second-order valence-electron chi connectivity index (χ2n) is 9.71. The lowest BCUT2D eigenvalue weighted by atomic mass is 9.78. The van der Waals surface area contributed by atoms with Crippen LogP contribution in [0.2, 0.25) is 0 Å². The van der Waals surface area contributed by atoms with Crippen molar-refractivity contribution >= 4 is 23.4 Å². The summed E-state index contributed by atoms with van der Waals surface area (Å²) in [5.41, 5.74) is 1.74. The summed E-state index contributed by atoms with van der Waals surface area (Å²) in [6, 6.07) is 5.85. The van der Waals surface area contributed by atoms with Crippen LogP contribution < -0.4 is 10.2 Å². The summed E-state index contributed by atoms with van der Waals surface area (Å²) in [6.45, 7) is 6.34. The van der Waals surface area contributed by atoms with Gasteiger partial charge in [0.05, 0.1) is 11.0 Å². The van der Waals surface area contributed by atoms with E-state index in [-0.39, 0.29) is 11.5 Å². The van der Waals surface area contributed by atoms with Crippen molar-refractivity contribution in [2.45, 2.75) is 70.4 Å². The van der Waals surface area contributed by atoms with E-state index in [2.05, 4.69) is 15.1 Å². The van der Waals surface area contributed by atoms with Crippen LogP contribution in [-0.2, 0) is 4.79 Å². The number of piperidine rings is 1. The second kappa shape index (κ2) is 7.76. The van der Waals surface area contributed by atoms with Crippen molar-refractivity contribution in [3.63, 3.8) is 0 Å². The second-order valence-corrected chi connectivity index (χ2v) is 9.71.